The molecule has 2 aliphatic rings. The molecule has 0 aromatic heterocycles. The van der Waals surface area contributed by atoms with E-state index < -0.39 is 34.9 Å². The van der Waals surface area contributed by atoms with E-state index in [4.69, 9.17) is 26.6 Å². The molecule has 0 bridgehead atoms. The minimum atomic E-state index is -3.87. The molecule has 0 aromatic rings. The maximum absolute atomic E-state index is 13.1. The molecule has 10 nitrogen and oxygen atoms in total. The first-order valence-electron chi connectivity index (χ1n) is 8.85. The molecule has 1 aliphatic carbocycles. The summed E-state index contributed by atoms with van der Waals surface area (Å²) in [4.78, 5) is 11.0. The summed E-state index contributed by atoms with van der Waals surface area (Å²) < 4.78 is 28.6. The second-order valence-electron chi connectivity index (χ2n) is 7.66. The van der Waals surface area contributed by atoms with Crippen molar-refractivity contribution in [3.8, 4) is 0 Å². The number of hydrogen-bond donors (Lipinski definition) is 5. The lowest BCUT2D eigenvalue weighted by Crippen LogP contribution is -2.52. The molecule has 7 N–H and O–H groups in total. The Balaban J connectivity index is 2.08. The normalized spacial score (nSPS) is 28.5. The Hall–Kier alpha value is -0.755. The van der Waals surface area contributed by atoms with E-state index in [1.807, 2.05) is 0 Å². The van der Waals surface area contributed by atoms with Crippen LogP contribution in [0.15, 0.2) is 0 Å². The zero-order valence-electron chi connectivity index (χ0n) is 15.0. The topological polar surface area (TPSA) is 170 Å². The van der Waals surface area contributed by atoms with Gasteiger partial charge in [-0.15, -0.1) is 0 Å². The lowest BCUT2D eigenvalue weighted by Gasteiger charge is -2.29. The Labute approximate surface area is 154 Å². The third-order valence-corrected chi connectivity index (χ3v) is 7.13. The van der Waals surface area contributed by atoms with Crippen molar-refractivity contribution in [2.75, 3.05) is 19.6 Å². The van der Waals surface area contributed by atoms with Gasteiger partial charge in [0.05, 0.1) is 0 Å². The van der Waals surface area contributed by atoms with Crippen molar-refractivity contribution in [2.24, 2.45) is 17.4 Å². The third-order valence-electron chi connectivity index (χ3n) is 5.16. The molecule has 3 atom stereocenters. The van der Waals surface area contributed by atoms with Gasteiger partial charge in [0, 0.05) is 31.2 Å². The lowest BCUT2D eigenvalue weighted by molar-refractivity contribution is -0.138. The van der Waals surface area contributed by atoms with Gasteiger partial charge >= 0.3 is 13.1 Å². The number of carbonyl (C=O) groups is 1. The molecule has 1 saturated heterocycles. The van der Waals surface area contributed by atoms with Crippen LogP contribution in [0.5, 0.6) is 0 Å². The Morgan fingerprint density at radius 2 is 2.04 bits per heavy atom. The first-order chi connectivity index (χ1) is 11.9. The van der Waals surface area contributed by atoms with Crippen LogP contribution in [0.4, 0.5) is 0 Å². The first kappa shape index (κ1) is 21.5. The smallest absolute Gasteiger partial charge is 0.451 e. The van der Waals surface area contributed by atoms with E-state index in [2.05, 4.69) is 0 Å². The Kier molecular flexibility index (Phi) is 6.70. The van der Waals surface area contributed by atoms with Gasteiger partial charge in [-0.1, -0.05) is 6.42 Å². The predicted octanol–water partition coefficient (Wildman–Crippen LogP) is -1.99. The summed E-state index contributed by atoms with van der Waals surface area (Å²) in [6.45, 7) is 1.88. The number of carboxylic acids is 1. The first-order valence-corrected chi connectivity index (χ1v) is 10.2. The molecule has 2 fully saturated rings. The standard InChI is InChI=1S/C14H29BN4O6S/c1-14(17)9-18(7-10(14)3-2-6-15(22)23)26(24,25)19(11-4-5-11)8-12(16)13(20)21/h10-12,22-23H,2-9,16-17H2,1H3,(H,20,21)/t10-,12?,14-/m0/s1. The quantitative estimate of drug-likeness (QED) is 0.266. The maximum atomic E-state index is 13.1. The number of hydrogen-bond acceptors (Lipinski definition) is 7. The molecule has 1 unspecified atom stereocenters. The second kappa shape index (κ2) is 8.09. The van der Waals surface area contributed by atoms with Gasteiger partial charge < -0.3 is 26.6 Å². The molecule has 150 valence electrons. The molecule has 1 saturated carbocycles. The van der Waals surface area contributed by atoms with Crippen LogP contribution in [-0.4, -0.2) is 82.5 Å². The minimum Gasteiger partial charge on any atom is -0.480 e. The van der Waals surface area contributed by atoms with Gasteiger partial charge in [0.25, 0.3) is 10.2 Å². The fourth-order valence-corrected chi connectivity index (χ4v) is 5.43. The molecule has 12 heteroatoms. The average Bonchev–Trinajstić information content (AvgIpc) is 3.29. The average molecular weight is 392 g/mol. The molecular weight excluding hydrogens is 363 g/mol. The van der Waals surface area contributed by atoms with E-state index in [-0.39, 0.29) is 37.9 Å². The Morgan fingerprint density at radius 1 is 1.42 bits per heavy atom. The van der Waals surface area contributed by atoms with Crippen LogP contribution >= 0.6 is 0 Å². The van der Waals surface area contributed by atoms with Gasteiger partial charge in [-0.25, -0.2) is 0 Å². The van der Waals surface area contributed by atoms with Crippen molar-refractivity contribution in [3.63, 3.8) is 0 Å². The highest BCUT2D eigenvalue weighted by atomic mass is 32.2. The highest BCUT2D eigenvalue weighted by molar-refractivity contribution is 7.86. The van der Waals surface area contributed by atoms with Crippen LogP contribution < -0.4 is 11.5 Å². The Morgan fingerprint density at radius 3 is 2.54 bits per heavy atom. The largest absolute Gasteiger partial charge is 0.480 e. The number of nitrogens with zero attached hydrogens (tertiary/aromatic N) is 2. The fraction of sp³-hybridized carbons (Fsp3) is 0.929. The molecule has 0 aromatic carbocycles. The van der Waals surface area contributed by atoms with Crippen molar-refractivity contribution in [2.45, 2.75) is 56.5 Å². The van der Waals surface area contributed by atoms with Gasteiger partial charge in [0.2, 0.25) is 0 Å². The van der Waals surface area contributed by atoms with Crippen molar-refractivity contribution in [3.05, 3.63) is 0 Å². The summed E-state index contributed by atoms with van der Waals surface area (Å²) in [6, 6.07) is -1.49. The van der Waals surface area contributed by atoms with E-state index in [0.717, 1.165) is 0 Å². The monoisotopic (exact) mass is 392 g/mol. The second-order valence-corrected chi connectivity index (χ2v) is 9.54. The van der Waals surface area contributed by atoms with E-state index in [0.29, 0.717) is 25.7 Å². The van der Waals surface area contributed by atoms with E-state index in [1.54, 1.807) is 6.92 Å². The van der Waals surface area contributed by atoms with Crippen LogP contribution in [0.2, 0.25) is 6.32 Å². The summed E-state index contributed by atoms with van der Waals surface area (Å²) in [6.07, 6.45) is 2.70. The zero-order chi connectivity index (χ0) is 19.7. The molecule has 1 heterocycles. The van der Waals surface area contributed by atoms with Crippen LogP contribution in [0, 0.1) is 5.92 Å². The minimum absolute atomic E-state index is 0.120. The zero-order valence-corrected chi connectivity index (χ0v) is 15.8. The van der Waals surface area contributed by atoms with Gasteiger partial charge in [-0.3, -0.25) is 4.79 Å². The molecule has 0 spiro atoms. The molecule has 0 amide bonds. The highest BCUT2D eigenvalue weighted by Crippen LogP contribution is 2.36. The summed E-state index contributed by atoms with van der Waals surface area (Å²) >= 11 is 0. The van der Waals surface area contributed by atoms with Crippen molar-refractivity contribution < 1.29 is 28.4 Å². The van der Waals surface area contributed by atoms with Crippen LogP contribution in [0.3, 0.4) is 0 Å². The predicted molar refractivity (Wildman–Crippen MR) is 96.1 cm³/mol. The van der Waals surface area contributed by atoms with E-state index in [1.165, 1.54) is 8.61 Å². The van der Waals surface area contributed by atoms with Gasteiger partial charge in [0.1, 0.15) is 6.04 Å². The molecule has 2 rings (SSSR count). The van der Waals surface area contributed by atoms with Crippen LogP contribution in [-0.2, 0) is 15.0 Å². The van der Waals surface area contributed by atoms with Crippen molar-refractivity contribution >= 4 is 23.3 Å². The highest BCUT2D eigenvalue weighted by Gasteiger charge is 2.49. The van der Waals surface area contributed by atoms with Crippen LogP contribution in [0.1, 0.15) is 32.6 Å². The number of aliphatic carboxylic acids is 1. The third kappa shape index (κ3) is 5.15. The van der Waals surface area contributed by atoms with Gasteiger partial charge in [0.15, 0.2) is 0 Å². The lowest BCUT2D eigenvalue weighted by atomic mass is 9.79. The van der Waals surface area contributed by atoms with Crippen molar-refractivity contribution in [1.82, 2.24) is 8.61 Å². The molecule has 0 radical (unpaired) electrons. The summed E-state index contributed by atoms with van der Waals surface area (Å²) in [5.74, 6) is -1.36. The molecule has 26 heavy (non-hydrogen) atoms. The van der Waals surface area contributed by atoms with Crippen LogP contribution in [0.25, 0.3) is 0 Å². The summed E-state index contributed by atoms with van der Waals surface area (Å²) in [5.41, 5.74) is 11.1. The summed E-state index contributed by atoms with van der Waals surface area (Å²) in [7, 11) is -5.25. The van der Waals surface area contributed by atoms with Gasteiger partial charge in [-0.2, -0.15) is 17.0 Å². The molecular formula is C14H29BN4O6S. The summed E-state index contributed by atoms with van der Waals surface area (Å²) in [5, 5.41) is 26.9. The number of nitrogens with two attached hydrogens (primary N) is 2. The Bertz CT molecular complexity index is 613. The number of carboxylic acid groups (broad SMARTS) is 1. The SMILES string of the molecule is C[C@]1(N)CN(S(=O)(=O)N(CC(N)C(=O)O)C2CC2)C[C@@H]1CCCB(O)O. The van der Waals surface area contributed by atoms with E-state index in [9.17, 15) is 13.2 Å². The fourth-order valence-electron chi connectivity index (χ4n) is 3.39. The maximum Gasteiger partial charge on any atom is 0.451 e. The van der Waals surface area contributed by atoms with Crippen molar-refractivity contribution in [1.29, 1.82) is 0 Å². The molecule has 1 aliphatic heterocycles. The van der Waals surface area contributed by atoms with Gasteiger partial charge in [-0.05, 0) is 38.4 Å². The number of rotatable bonds is 10. The van der Waals surface area contributed by atoms with E-state index >= 15 is 0 Å².